The monoisotopic (exact) mass is 261 g/mol. The van der Waals surface area contributed by atoms with Crippen molar-refractivity contribution in [1.82, 2.24) is 0 Å². The van der Waals surface area contributed by atoms with E-state index in [0.29, 0.717) is 0 Å². The predicted molar refractivity (Wildman–Crippen MR) is 75.6 cm³/mol. The molecule has 1 aromatic rings. The predicted octanol–water partition coefficient (Wildman–Crippen LogP) is 3.57. The molecule has 0 saturated heterocycles. The molecule has 2 N–H and O–H groups in total. The fourth-order valence-electron chi connectivity index (χ4n) is 3.50. The van der Waals surface area contributed by atoms with Crippen LogP contribution in [0.3, 0.4) is 0 Å². The maximum atomic E-state index is 6.39. The van der Waals surface area contributed by atoms with Crippen LogP contribution in [-0.2, 0) is 0 Å². The first-order valence-corrected chi connectivity index (χ1v) is 7.35. The lowest BCUT2D eigenvalue weighted by Gasteiger charge is -2.41. The molecule has 1 aromatic carbocycles. The van der Waals surface area contributed by atoms with Gasteiger partial charge >= 0.3 is 0 Å². The number of benzene rings is 1. The fraction of sp³-hybridized carbons (Fsp3) is 0.625. The van der Waals surface area contributed by atoms with Crippen LogP contribution < -0.4 is 15.2 Å². The van der Waals surface area contributed by atoms with Gasteiger partial charge in [-0.2, -0.15) is 0 Å². The summed E-state index contributed by atoms with van der Waals surface area (Å²) in [5.41, 5.74) is 7.47. The summed E-state index contributed by atoms with van der Waals surface area (Å²) in [5, 5.41) is 0. The lowest BCUT2D eigenvalue weighted by molar-refractivity contribution is 0.0212. The molecule has 1 atom stereocenters. The average molecular weight is 261 g/mol. The number of rotatable bonds is 1. The van der Waals surface area contributed by atoms with Crippen molar-refractivity contribution in [3.05, 3.63) is 23.8 Å². The van der Waals surface area contributed by atoms with E-state index < -0.39 is 0 Å². The minimum absolute atomic E-state index is 0.0164. The van der Waals surface area contributed by atoms with E-state index in [4.69, 9.17) is 15.2 Å². The molecule has 104 valence electrons. The average Bonchev–Trinajstić information content (AvgIpc) is 2.64. The molecule has 3 heteroatoms. The Morgan fingerprint density at radius 3 is 2.63 bits per heavy atom. The van der Waals surface area contributed by atoms with Gasteiger partial charge in [-0.25, -0.2) is 0 Å². The summed E-state index contributed by atoms with van der Waals surface area (Å²) in [6.45, 7) is 0. The number of ether oxygens (including phenoxy) is 2. The molecule has 0 amide bonds. The van der Waals surface area contributed by atoms with E-state index in [2.05, 4.69) is 0 Å². The van der Waals surface area contributed by atoms with Crippen molar-refractivity contribution in [1.29, 1.82) is 0 Å². The molecule has 19 heavy (non-hydrogen) atoms. The summed E-state index contributed by atoms with van der Waals surface area (Å²) < 4.78 is 11.6. The van der Waals surface area contributed by atoms with E-state index in [9.17, 15) is 0 Å². The summed E-state index contributed by atoms with van der Waals surface area (Å²) in [6, 6.07) is 6.06. The topological polar surface area (TPSA) is 44.5 Å². The van der Waals surface area contributed by atoms with Gasteiger partial charge in [0.05, 0.1) is 7.11 Å². The Hall–Kier alpha value is -1.22. The van der Waals surface area contributed by atoms with E-state index in [-0.39, 0.29) is 11.6 Å². The third kappa shape index (κ3) is 2.44. The molecule has 0 aromatic heterocycles. The first kappa shape index (κ1) is 12.8. The van der Waals surface area contributed by atoms with E-state index in [0.717, 1.165) is 36.3 Å². The maximum Gasteiger partial charge on any atom is 0.125 e. The molecule has 1 saturated carbocycles. The molecule has 2 aliphatic rings. The van der Waals surface area contributed by atoms with Gasteiger partial charge in [-0.1, -0.05) is 12.8 Å². The molecule has 1 unspecified atom stereocenters. The Labute approximate surface area is 115 Å². The number of hydrogen-bond acceptors (Lipinski definition) is 3. The smallest absolute Gasteiger partial charge is 0.125 e. The Kier molecular flexibility index (Phi) is 3.40. The van der Waals surface area contributed by atoms with Gasteiger partial charge in [-0.05, 0) is 43.9 Å². The molecule has 1 aliphatic carbocycles. The second-order valence-corrected chi connectivity index (χ2v) is 5.91. The van der Waals surface area contributed by atoms with Crippen molar-refractivity contribution in [2.24, 2.45) is 5.73 Å². The second-order valence-electron chi connectivity index (χ2n) is 5.91. The van der Waals surface area contributed by atoms with Gasteiger partial charge in [0, 0.05) is 18.0 Å². The minimum Gasteiger partial charge on any atom is -0.497 e. The van der Waals surface area contributed by atoms with Crippen molar-refractivity contribution in [3.63, 3.8) is 0 Å². The van der Waals surface area contributed by atoms with Crippen molar-refractivity contribution in [3.8, 4) is 11.5 Å². The van der Waals surface area contributed by atoms with Crippen LogP contribution >= 0.6 is 0 Å². The number of methoxy groups -OCH3 is 1. The van der Waals surface area contributed by atoms with Gasteiger partial charge in [-0.15, -0.1) is 0 Å². The van der Waals surface area contributed by atoms with Gasteiger partial charge in [0.15, 0.2) is 0 Å². The van der Waals surface area contributed by atoms with E-state index in [1.807, 2.05) is 18.2 Å². The fourth-order valence-corrected chi connectivity index (χ4v) is 3.50. The zero-order chi connectivity index (χ0) is 13.3. The van der Waals surface area contributed by atoms with Gasteiger partial charge in [0.1, 0.15) is 17.1 Å². The quantitative estimate of drug-likeness (QED) is 0.840. The normalized spacial score (nSPS) is 25.3. The van der Waals surface area contributed by atoms with Crippen LogP contribution in [0.1, 0.15) is 56.6 Å². The third-order valence-electron chi connectivity index (χ3n) is 4.55. The molecule has 1 aliphatic heterocycles. The van der Waals surface area contributed by atoms with Crippen molar-refractivity contribution in [2.45, 2.75) is 56.6 Å². The highest BCUT2D eigenvalue weighted by Gasteiger charge is 2.39. The van der Waals surface area contributed by atoms with Crippen LogP contribution in [0.4, 0.5) is 0 Å². The van der Waals surface area contributed by atoms with Crippen LogP contribution in [0.2, 0.25) is 0 Å². The molecule has 0 radical (unpaired) electrons. The highest BCUT2D eigenvalue weighted by molar-refractivity contribution is 5.44. The highest BCUT2D eigenvalue weighted by atomic mass is 16.5. The van der Waals surface area contributed by atoms with Gasteiger partial charge in [0.2, 0.25) is 0 Å². The van der Waals surface area contributed by atoms with E-state index in [1.165, 1.54) is 25.7 Å². The molecule has 0 bridgehead atoms. The highest BCUT2D eigenvalue weighted by Crippen LogP contribution is 2.45. The molecule has 1 spiro atoms. The van der Waals surface area contributed by atoms with Crippen LogP contribution in [-0.4, -0.2) is 12.7 Å². The zero-order valence-electron chi connectivity index (χ0n) is 11.7. The van der Waals surface area contributed by atoms with Crippen molar-refractivity contribution >= 4 is 0 Å². The molecule has 3 rings (SSSR count). The van der Waals surface area contributed by atoms with Gasteiger partial charge in [0.25, 0.3) is 0 Å². The first-order chi connectivity index (χ1) is 9.22. The Bertz CT molecular complexity index is 450. The summed E-state index contributed by atoms with van der Waals surface area (Å²) in [6.07, 6.45) is 8.41. The second kappa shape index (κ2) is 5.04. The van der Waals surface area contributed by atoms with E-state index >= 15 is 0 Å². The Morgan fingerprint density at radius 2 is 1.95 bits per heavy atom. The van der Waals surface area contributed by atoms with Crippen molar-refractivity contribution in [2.75, 3.05) is 7.11 Å². The lowest BCUT2D eigenvalue weighted by Crippen LogP contribution is -2.42. The number of hydrogen-bond donors (Lipinski definition) is 1. The van der Waals surface area contributed by atoms with Crippen LogP contribution in [0.5, 0.6) is 11.5 Å². The van der Waals surface area contributed by atoms with Gasteiger partial charge < -0.3 is 15.2 Å². The first-order valence-electron chi connectivity index (χ1n) is 7.35. The van der Waals surface area contributed by atoms with E-state index in [1.54, 1.807) is 7.11 Å². The molecular weight excluding hydrogens is 238 g/mol. The standard InChI is InChI=1S/C16H23NO2/c1-18-12-6-7-15-13(10-12)14(17)11-16(19-15)8-4-2-3-5-9-16/h6-7,10,14H,2-5,8-9,11,17H2,1H3. The number of fused-ring (bicyclic) bond motifs is 1. The summed E-state index contributed by atoms with van der Waals surface area (Å²) in [4.78, 5) is 0. The zero-order valence-corrected chi connectivity index (χ0v) is 11.7. The SMILES string of the molecule is COc1ccc2c(c1)C(N)CC1(CCCCCC1)O2. The summed E-state index contributed by atoms with van der Waals surface area (Å²) in [7, 11) is 1.68. The molecule has 1 heterocycles. The van der Waals surface area contributed by atoms with Gasteiger partial charge in [-0.3, -0.25) is 0 Å². The molecule has 3 nitrogen and oxygen atoms in total. The van der Waals surface area contributed by atoms with Crippen LogP contribution in [0, 0.1) is 0 Å². The maximum absolute atomic E-state index is 6.39. The largest absolute Gasteiger partial charge is 0.497 e. The summed E-state index contributed by atoms with van der Waals surface area (Å²) >= 11 is 0. The van der Waals surface area contributed by atoms with Crippen LogP contribution in [0.25, 0.3) is 0 Å². The van der Waals surface area contributed by atoms with Crippen LogP contribution in [0.15, 0.2) is 18.2 Å². The molecular formula is C16H23NO2. The molecule has 1 fully saturated rings. The minimum atomic E-state index is -0.0164. The third-order valence-corrected chi connectivity index (χ3v) is 4.55. The summed E-state index contributed by atoms with van der Waals surface area (Å²) in [5.74, 6) is 1.82. The Morgan fingerprint density at radius 1 is 1.21 bits per heavy atom. The Balaban J connectivity index is 1.90. The lowest BCUT2D eigenvalue weighted by atomic mass is 9.82. The van der Waals surface area contributed by atoms with Crippen molar-refractivity contribution < 1.29 is 9.47 Å². The number of nitrogens with two attached hydrogens (primary N) is 1.